The van der Waals surface area contributed by atoms with Gasteiger partial charge in [0.15, 0.2) is 0 Å². The zero-order valence-corrected chi connectivity index (χ0v) is 18.5. The molecule has 2 heterocycles. The van der Waals surface area contributed by atoms with E-state index in [9.17, 15) is 8.78 Å². The molecule has 30 heavy (non-hydrogen) atoms. The number of ether oxygens (including phenoxy) is 2. The number of rotatable bonds is 7. The van der Waals surface area contributed by atoms with Crippen LogP contribution in [0.2, 0.25) is 0 Å². The highest BCUT2D eigenvalue weighted by molar-refractivity contribution is 5.34. The molecule has 0 saturated heterocycles. The summed E-state index contributed by atoms with van der Waals surface area (Å²) < 4.78 is 33.8. The van der Waals surface area contributed by atoms with Crippen LogP contribution in [-0.2, 0) is 12.8 Å². The van der Waals surface area contributed by atoms with Gasteiger partial charge in [-0.3, -0.25) is 0 Å². The average molecular weight is 423 g/mol. The summed E-state index contributed by atoms with van der Waals surface area (Å²) in [6.07, 6.45) is 9.18. The lowest BCUT2D eigenvalue weighted by molar-refractivity contribution is -0.0536. The van der Waals surface area contributed by atoms with Crippen LogP contribution in [0.3, 0.4) is 0 Å². The second-order valence-electron chi connectivity index (χ2n) is 6.92. The molecule has 0 atom stereocenters. The van der Waals surface area contributed by atoms with Gasteiger partial charge < -0.3 is 9.47 Å². The molecular weight excluding hydrogens is 390 g/mol. The van der Waals surface area contributed by atoms with E-state index in [0.717, 1.165) is 36.4 Å². The maximum Gasteiger partial charge on any atom is 0.388 e. The molecular formula is C22H32F2N4O2. The quantitative estimate of drug-likeness (QED) is 0.589. The first kappa shape index (κ1) is 23.9. The monoisotopic (exact) mass is 422 g/mol. The lowest BCUT2D eigenvalue weighted by Gasteiger charge is -2.10. The Balaban J connectivity index is 0.000000199. The first-order chi connectivity index (χ1) is 14.6. The Hall–Kier alpha value is -2.38. The maximum absolute atomic E-state index is 12.1. The van der Waals surface area contributed by atoms with E-state index in [2.05, 4.69) is 31.6 Å². The van der Waals surface area contributed by atoms with Gasteiger partial charge in [0.25, 0.3) is 0 Å². The van der Waals surface area contributed by atoms with Crippen LogP contribution in [0, 0.1) is 0 Å². The molecule has 0 unspecified atom stereocenters. The van der Waals surface area contributed by atoms with Crippen molar-refractivity contribution in [3.63, 3.8) is 0 Å². The van der Waals surface area contributed by atoms with Gasteiger partial charge in [0.1, 0.15) is 12.7 Å². The lowest BCUT2D eigenvalue weighted by Crippen LogP contribution is -2.08. The van der Waals surface area contributed by atoms with Gasteiger partial charge in [-0.25, -0.2) is 19.9 Å². The van der Waals surface area contributed by atoms with Crippen molar-refractivity contribution in [1.29, 1.82) is 0 Å². The first-order valence-corrected chi connectivity index (χ1v) is 10.7. The highest BCUT2D eigenvalue weighted by Gasteiger charge is 2.30. The molecule has 0 bridgehead atoms. The fourth-order valence-corrected chi connectivity index (χ4v) is 3.26. The van der Waals surface area contributed by atoms with Crippen LogP contribution >= 0.6 is 0 Å². The molecule has 2 aromatic heterocycles. The highest BCUT2D eigenvalue weighted by Crippen LogP contribution is 2.42. The number of hydrogen-bond acceptors (Lipinski definition) is 6. The third-order valence-electron chi connectivity index (χ3n) is 4.91. The van der Waals surface area contributed by atoms with Crippen molar-refractivity contribution in [3.05, 3.63) is 35.2 Å². The van der Waals surface area contributed by atoms with Crippen LogP contribution in [0.15, 0.2) is 12.7 Å². The third kappa shape index (κ3) is 6.31. The molecule has 2 aliphatic rings. The van der Waals surface area contributed by atoms with E-state index in [1.165, 1.54) is 30.4 Å². The molecule has 8 heteroatoms. The molecule has 4 rings (SSSR count). The van der Waals surface area contributed by atoms with Crippen molar-refractivity contribution < 1.29 is 18.3 Å². The van der Waals surface area contributed by atoms with Gasteiger partial charge in [-0.05, 0) is 38.5 Å². The SMILES string of the molecule is CC.CCc1c(OC(F)F)ncnc1C1CC1.CCc1c(OC)ncnc1C1CC1. The number of nitrogens with zero attached hydrogens (tertiary/aromatic N) is 4. The van der Waals surface area contributed by atoms with Gasteiger partial charge in [0.05, 0.1) is 18.5 Å². The van der Waals surface area contributed by atoms with Crippen LogP contribution < -0.4 is 9.47 Å². The van der Waals surface area contributed by atoms with Crippen molar-refractivity contribution in [3.8, 4) is 11.8 Å². The zero-order valence-electron chi connectivity index (χ0n) is 18.5. The summed E-state index contributed by atoms with van der Waals surface area (Å²) in [5, 5.41) is 0. The largest absolute Gasteiger partial charge is 0.481 e. The van der Waals surface area contributed by atoms with Crippen LogP contribution in [0.25, 0.3) is 0 Å². The first-order valence-electron chi connectivity index (χ1n) is 10.7. The summed E-state index contributed by atoms with van der Waals surface area (Å²) in [5.74, 6) is 1.87. The fourth-order valence-electron chi connectivity index (χ4n) is 3.26. The van der Waals surface area contributed by atoms with E-state index in [1.807, 2.05) is 20.8 Å². The van der Waals surface area contributed by atoms with Gasteiger partial charge in [0, 0.05) is 23.0 Å². The Morgan fingerprint density at radius 1 is 0.833 bits per heavy atom. The Bertz CT molecular complexity index is 797. The lowest BCUT2D eigenvalue weighted by atomic mass is 10.1. The summed E-state index contributed by atoms with van der Waals surface area (Å²) in [7, 11) is 1.66. The zero-order chi connectivity index (χ0) is 22.1. The molecule has 0 radical (unpaired) electrons. The number of alkyl halides is 2. The third-order valence-corrected chi connectivity index (χ3v) is 4.91. The molecule has 0 aromatic carbocycles. The summed E-state index contributed by atoms with van der Waals surface area (Å²) in [6.45, 7) is 5.19. The fraction of sp³-hybridized carbons (Fsp3) is 0.636. The molecule has 0 amide bonds. The molecule has 2 saturated carbocycles. The van der Waals surface area contributed by atoms with Gasteiger partial charge in [-0.15, -0.1) is 0 Å². The van der Waals surface area contributed by atoms with Gasteiger partial charge in [0.2, 0.25) is 11.8 Å². The minimum atomic E-state index is -2.82. The maximum atomic E-state index is 12.1. The molecule has 6 nitrogen and oxygen atoms in total. The number of aromatic nitrogens is 4. The predicted molar refractivity (Wildman–Crippen MR) is 111 cm³/mol. The summed E-state index contributed by atoms with van der Waals surface area (Å²) in [5.41, 5.74) is 3.99. The molecule has 0 aliphatic heterocycles. The highest BCUT2D eigenvalue weighted by atomic mass is 19.3. The van der Waals surface area contributed by atoms with Crippen molar-refractivity contribution in [2.24, 2.45) is 0 Å². The number of halogens is 2. The summed E-state index contributed by atoms with van der Waals surface area (Å²) in [6, 6.07) is 0. The summed E-state index contributed by atoms with van der Waals surface area (Å²) >= 11 is 0. The van der Waals surface area contributed by atoms with E-state index >= 15 is 0 Å². The van der Waals surface area contributed by atoms with E-state index < -0.39 is 6.61 Å². The number of hydrogen-bond donors (Lipinski definition) is 0. The Kier molecular flexibility index (Phi) is 9.33. The van der Waals surface area contributed by atoms with Crippen LogP contribution in [0.5, 0.6) is 11.8 Å². The topological polar surface area (TPSA) is 70.0 Å². The number of methoxy groups -OCH3 is 1. The van der Waals surface area contributed by atoms with E-state index in [4.69, 9.17) is 4.74 Å². The minimum absolute atomic E-state index is 0.0319. The van der Waals surface area contributed by atoms with Crippen molar-refractivity contribution in [1.82, 2.24) is 19.9 Å². The standard InChI is InChI=1S/C10H12F2N2O.C10H14N2O.C2H6/c1-2-7-8(6-3-4-6)13-5-14-9(7)15-10(11)12;1-3-8-9(7-4-5-7)11-6-12-10(8)13-2;1-2/h5-6,10H,2-4H2,1H3;6-7H,3-5H2,1-2H3;1-2H3. The average Bonchev–Trinajstić information content (AvgIpc) is 3.67. The molecule has 0 N–H and O–H groups in total. The second-order valence-corrected chi connectivity index (χ2v) is 6.92. The van der Waals surface area contributed by atoms with Crippen LogP contribution in [0.1, 0.15) is 87.7 Å². The van der Waals surface area contributed by atoms with Crippen molar-refractivity contribution in [2.45, 2.75) is 84.7 Å². The van der Waals surface area contributed by atoms with Gasteiger partial charge in [-0.1, -0.05) is 27.7 Å². The Morgan fingerprint density at radius 2 is 1.27 bits per heavy atom. The second kappa shape index (κ2) is 11.7. The predicted octanol–water partition coefficient (Wildman–Crippen LogP) is 5.47. The van der Waals surface area contributed by atoms with Crippen molar-refractivity contribution in [2.75, 3.05) is 7.11 Å². The molecule has 166 valence electrons. The minimum Gasteiger partial charge on any atom is -0.481 e. The molecule has 0 spiro atoms. The summed E-state index contributed by atoms with van der Waals surface area (Å²) in [4.78, 5) is 16.3. The molecule has 2 aliphatic carbocycles. The Labute approximate surface area is 177 Å². The molecule has 2 fully saturated rings. The normalized spacial score (nSPS) is 14.9. The van der Waals surface area contributed by atoms with Crippen LogP contribution in [-0.4, -0.2) is 33.7 Å². The van der Waals surface area contributed by atoms with E-state index in [0.29, 0.717) is 18.3 Å². The Morgan fingerprint density at radius 3 is 1.63 bits per heavy atom. The van der Waals surface area contributed by atoms with E-state index in [1.54, 1.807) is 13.4 Å². The van der Waals surface area contributed by atoms with Gasteiger partial charge in [-0.2, -0.15) is 8.78 Å². The van der Waals surface area contributed by atoms with Gasteiger partial charge >= 0.3 is 6.61 Å². The van der Waals surface area contributed by atoms with Crippen LogP contribution in [0.4, 0.5) is 8.78 Å². The van der Waals surface area contributed by atoms with E-state index in [-0.39, 0.29) is 5.88 Å². The van der Waals surface area contributed by atoms with Crippen molar-refractivity contribution >= 4 is 0 Å². The molecule has 2 aromatic rings. The smallest absolute Gasteiger partial charge is 0.388 e.